The first-order valence-electron chi connectivity index (χ1n) is 7.05. The normalized spacial score (nSPS) is 15.9. The maximum atomic E-state index is 5.87. The van der Waals surface area contributed by atoms with Crippen molar-refractivity contribution in [2.45, 2.75) is 78.9 Å². The van der Waals surface area contributed by atoms with E-state index in [1.165, 1.54) is 25.7 Å². The Kier molecular flexibility index (Phi) is 8.83. The van der Waals surface area contributed by atoms with Crippen LogP contribution in [-0.2, 0) is 4.74 Å². The number of hydrogen-bond acceptors (Lipinski definition) is 3. The van der Waals surface area contributed by atoms with Gasteiger partial charge in [-0.3, -0.25) is 11.3 Å². The van der Waals surface area contributed by atoms with Crippen molar-refractivity contribution in [3.05, 3.63) is 0 Å². The van der Waals surface area contributed by atoms with Gasteiger partial charge in [0, 0.05) is 12.6 Å². The van der Waals surface area contributed by atoms with Gasteiger partial charge in [-0.1, -0.05) is 53.4 Å². The molecule has 3 heteroatoms. The largest absolute Gasteiger partial charge is 0.376 e. The molecule has 0 bridgehead atoms. The topological polar surface area (TPSA) is 47.3 Å². The highest BCUT2D eigenvalue weighted by Crippen LogP contribution is 2.27. The molecule has 0 aromatic rings. The standard InChI is InChI=1S/C14H32N2O/c1-6-8-9-10-11-12(16-15)13(17-7-2)14(3,4)5/h12-13,16H,6-11,15H2,1-5H3. The van der Waals surface area contributed by atoms with Crippen LogP contribution >= 0.6 is 0 Å². The molecular formula is C14H32N2O. The van der Waals surface area contributed by atoms with E-state index in [9.17, 15) is 0 Å². The zero-order valence-corrected chi connectivity index (χ0v) is 12.4. The van der Waals surface area contributed by atoms with Crippen molar-refractivity contribution in [2.75, 3.05) is 6.61 Å². The van der Waals surface area contributed by atoms with E-state index < -0.39 is 0 Å². The third-order valence-corrected chi connectivity index (χ3v) is 3.15. The highest BCUT2D eigenvalue weighted by Gasteiger charge is 2.31. The summed E-state index contributed by atoms with van der Waals surface area (Å²) < 4.78 is 5.87. The second-order valence-electron chi connectivity index (χ2n) is 5.86. The minimum absolute atomic E-state index is 0.123. The minimum Gasteiger partial charge on any atom is -0.376 e. The van der Waals surface area contributed by atoms with E-state index in [-0.39, 0.29) is 17.6 Å². The first kappa shape index (κ1) is 16.9. The molecule has 2 atom stereocenters. The Hall–Kier alpha value is -0.120. The number of nitrogens with one attached hydrogen (secondary N) is 1. The van der Waals surface area contributed by atoms with E-state index in [4.69, 9.17) is 10.6 Å². The van der Waals surface area contributed by atoms with Crippen LogP contribution in [0.4, 0.5) is 0 Å². The van der Waals surface area contributed by atoms with Crippen molar-refractivity contribution in [1.82, 2.24) is 5.43 Å². The van der Waals surface area contributed by atoms with E-state index in [0.29, 0.717) is 0 Å². The lowest BCUT2D eigenvalue weighted by Gasteiger charge is -2.36. The summed E-state index contributed by atoms with van der Waals surface area (Å²) in [7, 11) is 0. The summed E-state index contributed by atoms with van der Waals surface area (Å²) in [6, 6.07) is 0.256. The highest BCUT2D eigenvalue weighted by molar-refractivity contribution is 4.85. The number of hydrazine groups is 1. The predicted octanol–water partition coefficient (Wildman–Crippen LogP) is 3.24. The SMILES string of the molecule is CCCCCCC(NN)C(OCC)C(C)(C)C. The number of ether oxygens (including phenoxy) is 1. The molecule has 0 spiro atoms. The van der Waals surface area contributed by atoms with Gasteiger partial charge in [-0.05, 0) is 18.8 Å². The molecule has 0 aromatic carbocycles. The Labute approximate surface area is 107 Å². The lowest BCUT2D eigenvalue weighted by atomic mass is 9.83. The molecule has 104 valence electrons. The molecule has 0 radical (unpaired) electrons. The van der Waals surface area contributed by atoms with Crippen LogP contribution in [0.1, 0.15) is 66.7 Å². The minimum atomic E-state index is 0.123. The maximum absolute atomic E-state index is 5.87. The van der Waals surface area contributed by atoms with Crippen LogP contribution in [0, 0.1) is 5.41 Å². The maximum Gasteiger partial charge on any atom is 0.0789 e. The second-order valence-corrected chi connectivity index (χ2v) is 5.86. The van der Waals surface area contributed by atoms with Crippen molar-refractivity contribution < 1.29 is 4.74 Å². The molecule has 0 saturated heterocycles. The van der Waals surface area contributed by atoms with Crippen LogP contribution < -0.4 is 11.3 Å². The van der Waals surface area contributed by atoms with Gasteiger partial charge in [0.15, 0.2) is 0 Å². The lowest BCUT2D eigenvalue weighted by Crippen LogP contribution is -2.50. The monoisotopic (exact) mass is 244 g/mol. The van der Waals surface area contributed by atoms with Gasteiger partial charge in [-0.15, -0.1) is 0 Å². The van der Waals surface area contributed by atoms with Crippen LogP contribution in [0.5, 0.6) is 0 Å². The Balaban J connectivity index is 4.25. The summed E-state index contributed by atoms with van der Waals surface area (Å²) >= 11 is 0. The molecule has 0 fully saturated rings. The third-order valence-electron chi connectivity index (χ3n) is 3.15. The molecule has 0 aliphatic carbocycles. The second kappa shape index (κ2) is 8.90. The van der Waals surface area contributed by atoms with Crippen molar-refractivity contribution in [2.24, 2.45) is 11.3 Å². The van der Waals surface area contributed by atoms with Gasteiger partial charge in [-0.25, -0.2) is 0 Å². The van der Waals surface area contributed by atoms with E-state index >= 15 is 0 Å². The smallest absolute Gasteiger partial charge is 0.0789 e. The van der Waals surface area contributed by atoms with Crippen LogP contribution in [0.15, 0.2) is 0 Å². The van der Waals surface area contributed by atoms with Crippen molar-refractivity contribution in [1.29, 1.82) is 0 Å². The first-order valence-corrected chi connectivity index (χ1v) is 7.05. The molecule has 0 rings (SSSR count). The van der Waals surface area contributed by atoms with E-state index in [1.54, 1.807) is 0 Å². The molecule has 3 nitrogen and oxygen atoms in total. The Bertz CT molecular complexity index is 178. The van der Waals surface area contributed by atoms with Gasteiger partial charge in [0.05, 0.1) is 6.10 Å². The first-order chi connectivity index (χ1) is 7.97. The van der Waals surface area contributed by atoms with E-state index in [1.807, 2.05) is 6.92 Å². The molecular weight excluding hydrogens is 212 g/mol. The Morgan fingerprint density at radius 2 is 1.76 bits per heavy atom. The van der Waals surface area contributed by atoms with Crippen LogP contribution in [0.25, 0.3) is 0 Å². The molecule has 0 amide bonds. The Morgan fingerprint density at radius 3 is 2.18 bits per heavy atom. The molecule has 17 heavy (non-hydrogen) atoms. The highest BCUT2D eigenvalue weighted by atomic mass is 16.5. The summed E-state index contributed by atoms with van der Waals surface area (Å²) in [6.45, 7) is 11.7. The van der Waals surface area contributed by atoms with Gasteiger partial charge in [0.1, 0.15) is 0 Å². The zero-order valence-electron chi connectivity index (χ0n) is 12.4. The molecule has 0 heterocycles. The fourth-order valence-corrected chi connectivity index (χ4v) is 2.26. The van der Waals surface area contributed by atoms with Gasteiger partial charge in [0.25, 0.3) is 0 Å². The zero-order chi connectivity index (χ0) is 13.3. The fourth-order valence-electron chi connectivity index (χ4n) is 2.26. The van der Waals surface area contributed by atoms with Gasteiger partial charge in [-0.2, -0.15) is 0 Å². The molecule has 0 saturated carbocycles. The van der Waals surface area contributed by atoms with Crippen molar-refractivity contribution in [3.63, 3.8) is 0 Å². The summed E-state index contributed by atoms with van der Waals surface area (Å²) in [5.41, 5.74) is 3.07. The van der Waals surface area contributed by atoms with E-state index in [0.717, 1.165) is 13.0 Å². The Morgan fingerprint density at radius 1 is 1.12 bits per heavy atom. The van der Waals surface area contributed by atoms with Crippen LogP contribution in [0.3, 0.4) is 0 Å². The summed E-state index contributed by atoms with van der Waals surface area (Å²) in [4.78, 5) is 0. The average Bonchev–Trinajstić information content (AvgIpc) is 2.26. The number of unbranched alkanes of at least 4 members (excludes halogenated alkanes) is 3. The van der Waals surface area contributed by atoms with Crippen LogP contribution in [0.2, 0.25) is 0 Å². The number of rotatable bonds is 9. The van der Waals surface area contributed by atoms with Gasteiger partial charge in [0.2, 0.25) is 0 Å². The van der Waals surface area contributed by atoms with Gasteiger partial charge >= 0.3 is 0 Å². The fraction of sp³-hybridized carbons (Fsp3) is 1.00. The third kappa shape index (κ3) is 7.02. The molecule has 0 aliphatic heterocycles. The quantitative estimate of drug-likeness (QED) is 0.372. The summed E-state index contributed by atoms with van der Waals surface area (Å²) in [6.07, 6.45) is 6.37. The molecule has 2 unspecified atom stereocenters. The average molecular weight is 244 g/mol. The molecule has 0 aromatic heterocycles. The molecule has 0 aliphatic rings. The predicted molar refractivity (Wildman–Crippen MR) is 74.7 cm³/mol. The van der Waals surface area contributed by atoms with Crippen molar-refractivity contribution in [3.8, 4) is 0 Å². The number of hydrogen-bond donors (Lipinski definition) is 2. The van der Waals surface area contributed by atoms with E-state index in [2.05, 4.69) is 33.1 Å². The number of nitrogens with two attached hydrogens (primary N) is 1. The summed E-state index contributed by atoms with van der Waals surface area (Å²) in [5, 5.41) is 0. The van der Waals surface area contributed by atoms with Crippen molar-refractivity contribution >= 4 is 0 Å². The van der Waals surface area contributed by atoms with Crippen LogP contribution in [-0.4, -0.2) is 18.8 Å². The summed E-state index contributed by atoms with van der Waals surface area (Å²) in [5.74, 6) is 5.69. The lowest BCUT2D eigenvalue weighted by molar-refractivity contribution is -0.0379. The molecule has 3 N–H and O–H groups in total. The van der Waals surface area contributed by atoms with Gasteiger partial charge < -0.3 is 4.74 Å².